The van der Waals surface area contributed by atoms with Gasteiger partial charge in [0.1, 0.15) is 29.0 Å². The Hall–Kier alpha value is -3.97. The van der Waals surface area contributed by atoms with E-state index in [-0.39, 0.29) is 62.8 Å². The fourth-order valence-electron chi connectivity index (χ4n) is 6.65. The van der Waals surface area contributed by atoms with Crippen LogP contribution < -0.4 is 19.9 Å². The van der Waals surface area contributed by atoms with Gasteiger partial charge in [-0.05, 0) is 36.5 Å². The summed E-state index contributed by atoms with van der Waals surface area (Å²) in [5, 5.41) is 17.8. The van der Waals surface area contributed by atoms with Gasteiger partial charge in [0.2, 0.25) is 11.8 Å². The highest BCUT2D eigenvalue weighted by Gasteiger charge is 2.47. The third-order valence-corrected chi connectivity index (χ3v) is 8.91. The second-order valence-electron chi connectivity index (χ2n) is 11.8. The van der Waals surface area contributed by atoms with Crippen LogP contribution in [0.2, 0.25) is 5.02 Å². The fraction of sp³-hybridized carbons (Fsp3) is 0.467. The first-order chi connectivity index (χ1) is 21.1. The first kappa shape index (κ1) is 28.8. The van der Waals surface area contributed by atoms with Gasteiger partial charge in [0.05, 0.1) is 31.0 Å². The van der Waals surface area contributed by atoms with E-state index in [0.29, 0.717) is 65.4 Å². The first-order valence-electron chi connectivity index (χ1n) is 14.7. The molecule has 14 heteroatoms. The summed E-state index contributed by atoms with van der Waals surface area (Å²) in [5.74, 6) is -2.46. The molecular weight excluding hydrogens is 598 g/mol. The number of benzene rings is 1. The maximum Gasteiger partial charge on any atom is 0.305 e. The predicted molar refractivity (Wildman–Crippen MR) is 158 cm³/mol. The second-order valence-corrected chi connectivity index (χ2v) is 12.3. The topological polar surface area (TPSA) is 122 Å². The molecule has 44 heavy (non-hydrogen) atoms. The van der Waals surface area contributed by atoms with E-state index in [2.05, 4.69) is 10.4 Å². The minimum absolute atomic E-state index is 0.0753. The van der Waals surface area contributed by atoms with Gasteiger partial charge >= 0.3 is 5.97 Å². The van der Waals surface area contributed by atoms with E-state index in [0.717, 1.165) is 5.56 Å². The molecule has 11 nitrogen and oxygen atoms in total. The third-order valence-electron chi connectivity index (χ3n) is 8.65. The van der Waals surface area contributed by atoms with Gasteiger partial charge in [0.25, 0.3) is 0 Å². The zero-order chi connectivity index (χ0) is 30.6. The van der Waals surface area contributed by atoms with E-state index in [1.54, 1.807) is 21.5 Å². The van der Waals surface area contributed by atoms with Gasteiger partial charge in [-0.15, -0.1) is 0 Å². The second kappa shape index (κ2) is 11.2. The van der Waals surface area contributed by atoms with Crippen LogP contribution in [0.15, 0.2) is 36.5 Å². The molecule has 1 saturated heterocycles. The van der Waals surface area contributed by atoms with Crippen molar-refractivity contribution < 1.29 is 33.0 Å². The highest BCUT2D eigenvalue weighted by molar-refractivity contribution is 6.33. The molecule has 7 rings (SSSR count). The number of aromatic nitrogens is 3. The Kier molecular flexibility index (Phi) is 7.32. The Morgan fingerprint density at radius 1 is 1.18 bits per heavy atom. The van der Waals surface area contributed by atoms with E-state index in [9.17, 15) is 23.5 Å². The fourth-order valence-corrected chi connectivity index (χ4v) is 6.82. The molecule has 1 aliphatic carbocycles. The number of aliphatic carboxylic acids is 1. The van der Waals surface area contributed by atoms with Crippen LogP contribution in [-0.2, 0) is 20.7 Å². The molecule has 232 valence electrons. The van der Waals surface area contributed by atoms with Crippen molar-refractivity contribution in [2.75, 3.05) is 41.4 Å². The van der Waals surface area contributed by atoms with Gasteiger partial charge in [-0.2, -0.15) is 9.61 Å². The van der Waals surface area contributed by atoms with E-state index < -0.39 is 11.9 Å². The van der Waals surface area contributed by atoms with Crippen LogP contribution in [0.5, 0.6) is 5.75 Å². The Bertz CT molecular complexity index is 1660. The summed E-state index contributed by atoms with van der Waals surface area (Å²) >= 11 is 6.48. The number of carbonyl (C=O) groups is 2. The average Bonchev–Trinajstić information content (AvgIpc) is 3.53. The van der Waals surface area contributed by atoms with Crippen molar-refractivity contribution in [2.45, 2.75) is 56.6 Å². The Balaban J connectivity index is 1.30. The number of hydrogen-bond acceptors (Lipinski definition) is 8. The smallest absolute Gasteiger partial charge is 0.305 e. The number of nitrogens with one attached hydrogen (secondary N) is 1. The van der Waals surface area contributed by atoms with Gasteiger partial charge < -0.3 is 29.7 Å². The Morgan fingerprint density at radius 2 is 2.00 bits per heavy atom. The summed E-state index contributed by atoms with van der Waals surface area (Å²) in [5.41, 5.74) is 2.53. The predicted octanol–water partition coefficient (Wildman–Crippen LogP) is 4.84. The molecular formula is C30H31ClF2N6O5. The molecule has 2 N–H and O–H groups in total. The molecule has 0 spiro atoms. The molecule has 2 atom stereocenters. The van der Waals surface area contributed by atoms with Crippen molar-refractivity contribution in [3.63, 3.8) is 0 Å². The average molecular weight is 629 g/mol. The lowest BCUT2D eigenvalue weighted by atomic mass is 9.80. The monoisotopic (exact) mass is 628 g/mol. The lowest BCUT2D eigenvalue weighted by Gasteiger charge is -2.40. The van der Waals surface area contributed by atoms with Crippen LogP contribution in [0.25, 0.3) is 5.65 Å². The standard InChI is InChI=1S/C30H31ClF2N6O5/c31-22-14-34-39-25-11-24(36-29(22)39)37-16-21(9-20(37)10-27(41)42)43-5-1-2-6-44-23-8-19(35-25)7-18-3-4-26(40)38(28(18)23)15-17-12-30(32,33)13-17/h1-2,7-8,11,14,17,20-21,35H,3-6,9-10,12-13,15-16H2,(H,41,42)/b2-1+/t20-,21-/m0/s1. The minimum Gasteiger partial charge on any atom is -0.487 e. The lowest BCUT2D eigenvalue weighted by Crippen LogP contribution is -2.46. The van der Waals surface area contributed by atoms with Crippen LogP contribution >= 0.6 is 11.6 Å². The van der Waals surface area contributed by atoms with Crippen LogP contribution in [-0.4, -0.2) is 76.0 Å². The normalized spacial score (nSPS) is 23.9. The van der Waals surface area contributed by atoms with Crippen molar-refractivity contribution in [1.82, 2.24) is 14.6 Å². The van der Waals surface area contributed by atoms with Crippen molar-refractivity contribution in [2.24, 2.45) is 5.92 Å². The van der Waals surface area contributed by atoms with Crippen molar-refractivity contribution in [1.29, 1.82) is 0 Å². The van der Waals surface area contributed by atoms with Crippen molar-refractivity contribution in [3.05, 3.63) is 47.1 Å². The molecule has 3 aliphatic heterocycles. The Morgan fingerprint density at radius 3 is 2.80 bits per heavy atom. The summed E-state index contributed by atoms with van der Waals surface area (Å²) in [6.45, 7) is 1.16. The van der Waals surface area contributed by atoms with E-state index in [1.807, 2.05) is 23.1 Å². The first-order valence-corrected chi connectivity index (χ1v) is 15.1. The van der Waals surface area contributed by atoms with Gasteiger partial charge in [-0.25, -0.2) is 13.8 Å². The zero-order valence-corrected chi connectivity index (χ0v) is 24.5. The summed E-state index contributed by atoms with van der Waals surface area (Å²) in [6, 6.07) is 5.18. The summed E-state index contributed by atoms with van der Waals surface area (Å²) < 4.78 is 41.1. The molecule has 2 fully saturated rings. The molecule has 1 amide bonds. The zero-order valence-electron chi connectivity index (χ0n) is 23.7. The van der Waals surface area contributed by atoms with E-state index >= 15 is 0 Å². The molecule has 1 saturated carbocycles. The van der Waals surface area contributed by atoms with Crippen molar-refractivity contribution >= 4 is 52.1 Å². The summed E-state index contributed by atoms with van der Waals surface area (Å²) in [4.78, 5) is 33.1. The lowest BCUT2D eigenvalue weighted by molar-refractivity contribution is -0.137. The highest BCUT2D eigenvalue weighted by atomic mass is 35.5. The number of aryl methyl sites for hydroxylation is 1. The number of fused-ring (bicyclic) bond motifs is 11. The number of amides is 1. The maximum atomic E-state index is 13.6. The van der Waals surface area contributed by atoms with E-state index in [4.69, 9.17) is 26.1 Å². The minimum atomic E-state index is -2.68. The molecule has 6 bridgehead atoms. The van der Waals surface area contributed by atoms with Gasteiger partial charge in [-0.3, -0.25) is 9.59 Å². The number of hydrogen-bond donors (Lipinski definition) is 2. The number of carboxylic acids is 1. The number of nitrogens with zero attached hydrogens (tertiary/aromatic N) is 5. The number of carbonyl (C=O) groups excluding carboxylic acids is 1. The van der Waals surface area contributed by atoms with Gasteiger partial charge in [-0.1, -0.05) is 17.7 Å². The number of rotatable bonds is 4. The molecule has 1 aromatic carbocycles. The summed E-state index contributed by atoms with van der Waals surface area (Å²) in [6.07, 6.45) is 5.64. The SMILES string of the molecule is O=C(O)C[C@@H]1C[C@H]2CN1c1cc(n3ncc(Cl)c3n1)Nc1cc3c(c(c1)OC/C=C/CO2)N(CC1CC(F)(F)C1)C(=O)CC3. The number of carboxylic acid groups (broad SMARTS) is 1. The maximum absolute atomic E-state index is 13.6. The molecule has 3 aromatic rings. The van der Waals surface area contributed by atoms with Crippen molar-refractivity contribution in [3.8, 4) is 5.75 Å². The van der Waals surface area contributed by atoms with Gasteiger partial charge in [0.15, 0.2) is 5.65 Å². The molecule has 2 aromatic heterocycles. The molecule has 0 radical (unpaired) electrons. The quantitative estimate of drug-likeness (QED) is 0.391. The van der Waals surface area contributed by atoms with Crippen LogP contribution in [0.4, 0.5) is 31.8 Å². The van der Waals surface area contributed by atoms with E-state index in [1.165, 1.54) is 6.20 Å². The highest BCUT2D eigenvalue weighted by Crippen LogP contribution is 2.46. The number of alkyl halides is 2. The summed E-state index contributed by atoms with van der Waals surface area (Å²) in [7, 11) is 0. The Labute approximate surface area is 256 Å². The van der Waals surface area contributed by atoms with Gasteiger partial charge in [0, 0.05) is 56.2 Å². The molecule has 5 heterocycles. The molecule has 0 unspecified atom stereocenters. The number of halogens is 3. The largest absolute Gasteiger partial charge is 0.487 e. The van der Waals surface area contributed by atoms with Crippen LogP contribution in [0.3, 0.4) is 0 Å². The number of ether oxygens (including phenoxy) is 2. The number of anilines is 4. The molecule has 4 aliphatic rings. The van der Waals surface area contributed by atoms with Crippen LogP contribution in [0, 0.1) is 5.92 Å². The van der Waals surface area contributed by atoms with Crippen LogP contribution in [0.1, 0.15) is 37.7 Å². The third kappa shape index (κ3) is 5.54.